The predicted molar refractivity (Wildman–Crippen MR) is 103 cm³/mol. The number of hydrogen-bond donors (Lipinski definition) is 1. The number of amides is 1. The number of rotatable bonds is 3. The summed E-state index contributed by atoms with van der Waals surface area (Å²) in [4.78, 5) is 21.7. The normalized spacial score (nSPS) is 14.8. The highest BCUT2D eigenvalue weighted by Gasteiger charge is 2.24. The van der Waals surface area contributed by atoms with Gasteiger partial charge in [-0.05, 0) is 37.1 Å². The largest absolute Gasteiger partial charge is 0.307 e. The molecule has 5 rings (SSSR count). The Hall–Kier alpha value is -3.35. The van der Waals surface area contributed by atoms with Crippen molar-refractivity contribution in [1.29, 1.82) is 0 Å². The number of fused-ring (bicyclic) bond motifs is 2. The quantitative estimate of drug-likeness (QED) is 0.603. The third kappa shape index (κ3) is 2.81. The summed E-state index contributed by atoms with van der Waals surface area (Å²) in [5.74, 6) is 0.186. The lowest BCUT2D eigenvalue weighted by atomic mass is 10.2. The van der Waals surface area contributed by atoms with Crippen molar-refractivity contribution in [2.45, 2.75) is 31.7 Å². The van der Waals surface area contributed by atoms with Crippen LogP contribution in [0.2, 0.25) is 0 Å². The van der Waals surface area contributed by atoms with Crippen LogP contribution in [-0.2, 0) is 0 Å². The van der Waals surface area contributed by atoms with Crippen molar-refractivity contribution in [3.8, 4) is 0 Å². The molecule has 2 aromatic heterocycles. The highest BCUT2D eigenvalue weighted by atomic mass is 16.2. The highest BCUT2D eigenvalue weighted by molar-refractivity contribution is 6.02. The molecule has 7 heteroatoms. The minimum absolute atomic E-state index is 0.0405. The van der Waals surface area contributed by atoms with Crippen LogP contribution in [0.4, 0.5) is 5.95 Å². The van der Waals surface area contributed by atoms with E-state index in [2.05, 4.69) is 30.0 Å². The molecule has 27 heavy (non-hydrogen) atoms. The van der Waals surface area contributed by atoms with Crippen molar-refractivity contribution in [2.24, 2.45) is 0 Å². The maximum atomic E-state index is 12.8. The Labute approximate surface area is 155 Å². The molecule has 1 fully saturated rings. The lowest BCUT2D eigenvalue weighted by Gasteiger charge is -2.16. The number of nitrogens with one attached hydrogen (secondary N) is 1. The van der Waals surface area contributed by atoms with E-state index in [1.54, 1.807) is 0 Å². The van der Waals surface area contributed by atoms with Crippen molar-refractivity contribution in [1.82, 2.24) is 24.7 Å². The van der Waals surface area contributed by atoms with Gasteiger partial charge in [0, 0.05) is 6.04 Å². The third-order valence-corrected chi connectivity index (χ3v) is 5.07. The molecule has 2 aromatic carbocycles. The van der Waals surface area contributed by atoms with Crippen LogP contribution in [0.25, 0.3) is 22.1 Å². The van der Waals surface area contributed by atoms with E-state index in [4.69, 9.17) is 0 Å². The number of hydrogen-bond acceptors (Lipinski definition) is 5. The summed E-state index contributed by atoms with van der Waals surface area (Å²) in [6.45, 7) is 0. The van der Waals surface area contributed by atoms with Crippen molar-refractivity contribution in [2.75, 3.05) is 5.32 Å². The van der Waals surface area contributed by atoms with E-state index in [0.29, 0.717) is 23.0 Å². The summed E-state index contributed by atoms with van der Waals surface area (Å²) in [7, 11) is 0. The number of carbonyl (C=O) groups excluding carboxylic acids is 1. The van der Waals surface area contributed by atoms with Gasteiger partial charge in [0.25, 0.3) is 5.91 Å². The van der Waals surface area contributed by atoms with Crippen LogP contribution < -0.4 is 5.32 Å². The average Bonchev–Trinajstić information content (AvgIpc) is 3.34. The molecule has 1 N–H and O–H groups in total. The third-order valence-electron chi connectivity index (χ3n) is 5.07. The van der Waals surface area contributed by atoms with Crippen molar-refractivity contribution < 1.29 is 4.79 Å². The Balaban J connectivity index is 1.53. The average molecular weight is 358 g/mol. The standard InChI is InChI=1S/C20H18N6O/c27-19(18-21-14-9-3-4-10-15(14)24-25-18)23-20-22-16-11-5-6-12-17(16)26(20)13-7-1-2-8-13/h3-6,9-13H,1-2,7-8H2,(H,22,23,27). The fourth-order valence-electron chi connectivity index (χ4n) is 3.80. The first kappa shape index (κ1) is 15.9. The molecule has 4 aromatic rings. The molecule has 0 spiro atoms. The molecule has 0 aliphatic heterocycles. The van der Waals surface area contributed by atoms with E-state index in [1.165, 1.54) is 12.8 Å². The van der Waals surface area contributed by atoms with Crippen molar-refractivity contribution in [3.63, 3.8) is 0 Å². The van der Waals surface area contributed by atoms with E-state index in [-0.39, 0.29) is 5.82 Å². The fraction of sp³-hybridized carbons (Fsp3) is 0.250. The van der Waals surface area contributed by atoms with Crippen LogP contribution in [0.15, 0.2) is 48.5 Å². The van der Waals surface area contributed by atoms with Gasteiger partial charge in [-0.15, -0.1) is 10.2 Å². The number of carbonyl (C=O) groups is 1. The van der Waals surface area contributed by atoms with Gasteiger partial charge in [-0.3, -0.25) is 10.1 Å². The zero-order chi connectivity index (χ0) is 18.2. The van der Waals surface area contributed by atoms with Gasteiger partial charge in [-0.2, -0.15) is 0 Å². The lowest BCUT2D eigenvalue weighted by Crippen LogP contribution is -2.20. The van der Waals surface area contributed by atoms with E-state index in [1.807, 2.05) is 48.5 Å². The monoisotopic (exact) mass is 358 g/mol. The van der Waals surface area contributed by atoms with E-state index in [0.717, 1.165) is 23.9 Å². The number of anilines is 1. The van der Waals surface area contributed by atoms with Crippen LogP contribution in [0.1, 0.15) is 42.3 Å². The molecule has 0 bridgehead atoms. The van der Waals surface area contributed by atoms with Gasteiger partial charge in [0.05, 0.1) is 16.6 Å². The SMILES string of the molecule is O=C(Nc1nc2ccccc2n1C1CCCC1)c1nnc2ccccc2n1. The Bertz CT molecular complexity index is 1150. The molecule has 1 saturated carbocycles. The first-order valence-electron chi connectivity index (χ1n) is 9.17. The van der Waals surface area contributed by atoms with Crippen LogP contribution in [0.5, 0.6) is 0 Å². The molecular weight excluding hydrogens is 340 g/mol. The first-order valence-corrected chi connectivity index (χ1v) is 9.17. The topological polar surface area (TPSA) is 85.6 Å². The Kier molecular flexibility index (Phi) is 3.78. The molecule has 7 nitrogen and oxygen atoms in total. The van der Waals surface area contributed by atoms with Crippen LogP contribution in [0, 0.1) is 0 Å². The molecular formula is C20H18N6O. The number of nitrogens with zero attached hydrogens (tertiary/aromatic N) is 5. The maximum Gasteiger partial charge on any atom is 0.297 e. The summed E-state index contributed by atoms with van der Waals surface area (Å²) in [5.41, 5.74) is 3.21. The molecule has 134 valence electrons. The van der Waals surface area contributed by atoms with Gasteiger partial charge >= 0.3 is 0 Å². The number of aromatic nitrogens is 5. The van der Waals surface area contributed by atoms with Crippen LogP contribution >= 0.6 is 0 Å². The Morgan fingerprint density at radius 3 is 2.41 bits per heavy atom. The molecule has 0 unspecified atom stereocenters. The molecule has 1 amide bonds. The number of para-hydroxylation sites is 3. The van der Waals surface area contributed by atoms with E-state index >= 15 is 0 Å². The summed E-state index contributed by atoms with van der Waals surface area (Å²) >= 11 is 0. The fourth-order valence-corrected chi connectivity index (χ4v) is 3.80. The van der Waals surface area contributed by atoms with Gasteiger partial charge in [0.15, 0.2) is 0 Å². The zero-order valence-electron chi connectivity index (χ0n) is 14.7. The summed E-state index contributed by atoms with van der Waals surface area (Å²) in [5, 5.41) is 11.0. The van der Waals surface area contributed by atoms with Crippen LogP contribution in [0.3, 0.4) is 0 Å². The molecule has 0 radical (unpaired) electrons. The maximum absolute atomic E-state index is 12.8. The van der Waals surface area contributed by atoms with Gasteiger partial charge in [-0.1, -0.05) is 37.1 Å². The number of imidazole rings is 1. The summed E-state index contributed by atoms with van der Waals surface area (Å²) in [6.07, 6.45) is 4.58. The van der Waals surface area contributed by atoms with Gasteiger partial charge in [0.1, 0.15) is 5.52 Å². The highest BCUT2D eigenvalue weighted by Crippen LogP contribution is 2.35. The molecule has 0 atom stereocenters. The predicted octanol–water partition coefficient (Wildman–Crippen LogP) is 3.74. The van der Waals surface area contributed by atoms with Crippen molar-refractivity contribution in [3.05, 3.63) is 54.4 Å². The Morgan fingerprint density at radius 1 is 0.889 bits per heavy atom. The van der Waals surface area contributed by atoms with E-state index in [9.17, 15) is 4.79 Å². The second-order valence-corrected chi connectivity index (χ2v) is 6.81. The zero-order valence-corrected chi connectivity index (χ0v) is 14.7. The smallest absolute Gasteiger partial charge is 0.297 e. The first-order chi connectivity index (χ1) is 13.3. The van der Waals surface area contributed by atoms with Gasteiger partial charge in [-0.25, -0.2) is 9.97 Å². The molecule has 2 heterocycles. The summed E-state index contributed by atoms with van der Waals surface area (Å²) in [6, 6.07) is 15.7. The molecule has 0 saturated heterocycles. The van der Waals surface area contributed by atoms with Gasteiger partial charge < -0.3 is 4.57 Å². The second-order valence-electron chi connectivity index (χ2n) is 6.81. The second kappa shape index (κ2) is 6.42. The Morgan fingerprint density at radius 2 is 1.59 bits per heavy atom. The van der Waals surface area contributed by atoms with Crippen LogP contribution in [-0.4, -0.2) is 30.6 Å². The molecule has 1 aliphatic rings. The number of benzene rings is 2. The lowest BCUT2D eigenvalue weighted by molar-refractivity contribution is 0.101. The van der Waals surface area contributed by atoms with Crippen molar-refractivity contribution >= 4 is 33.9 Å². The molecule has 1 aliphatic carbocycles. The van der Waals surface area contributed by atoms with Gasteiger partial charge in [0.2, 0.25) is 11.8 Å². The summed E-state index contributed by atoms with van der Waals surface area (Å²) < 4.78 is 2.15. The minimum Gasteiger partial charge on any atom is -0.307 e. The van der Waals surface area contributed by atoms with E-state index < -0.39 is 5.91 Å². The minimum atomic E-state index is -0.400.